The van der Waals surface area contributed by atoms with E-state index in [2.05, 4.69) is 162 Å². The molecule has 1 unspecified atom stereocenters. The van der Waals surface area contributed by atoms with Gasteiger partial charge in [-0.1, -0.05) is 158 Å². The molecule has 1 aliphatic rings. The fourth-order valence-electron chi connectivity index (χ4n) is 7.67. The number of nitrogens with one attached hydrogen (secondary N) is 1. The minimum Gasteiger partial charge on any atom is -0.344 e. The lowest BCUT2D eigenvalue weighted by atomic mass is 9.93. The highest BCUT2D eigenvalue weighted by Crippen LogP contribution is 2.38. The third-order valence-electron chi connectivity index (χ3n) is 10.6. The van der Waals surface area contributed by atoms with Crippen LogP contribution in [0.4, 0.5) is 0 Å². The zero-order valence-corrected chi connectivity index (χ0v) is 31.6. The quantitative estimate of drug-likeness (QED) is 0.169. The fraction of sp³-hybridized carbons (Fsp3) is 0.0189. The van der Waals surface area contributed by atoms with Gasteiger partial charge in [0.2, 0.25) is 0 Å². The van der Waals surface area contributed by atoms with Crippen molar-refractivity contribution in [2.45, 2.75) is 6.17 Å². The van der Waals surface area contributed by atoms with Gasteiger partial charge in [-0.2, -0.15) is 0 Å². The van der Waals surface area contributed by atoms with Crippen LogP contribution >= 0.6 is 0 Å². The minimum absolute atomic E-state index is 0.344. The number of rotatable bonds is 8. The van der Waals surface area contributed by atoms with E-state index in [4.69, 9.17) is 15.0 Å². The maximum Gasteiger partial charge on any atom is 0.159 e. The van der Waals surface area contributed by atoms with Gasteiger partial charge in [0.15, 0.2) is 5.84 Å². The summed E-state index contributed by atoms with van der Waals surface area (Å²) >= 11 is 0. The van der Waals surface area contributed by atoms with Crippen LogP contribution in [-0.2, 0) is 0 Å². The summed E-state index contributed by atoms with van der Waals surface area (Å²) in [5.41, 5.74) is 13.6. The van der Waals surface area contributed by atoms with Gasteiger partial charge in [-0.25, -0.2) is 15.0 Å². The van der Waals surface area contributed by atoms with Crippen LogP contribution < -0.4 is 5.32 Å². The van der Waals surface area contributed by atoms with Crippen LogP contribution in [0.3, 0.4) is 0 Å². The van der Waals surface area contributed by atoms with Gasteiger partial charge in [0.25, 0.3) is 0 Å². The molecule has 1 N–H and O–H groups in total. The molecule has 0 aliphatic carbocycles. The minimum atomic E-state index is -0.344. The summed E-state index contributed by atoms with van der Waals surface area (Å²) in [6, 6.07) is 69.9. The molecule has 2 aromatic heterocycles. The van der Waals surface area contributed by atoms with Crippen molar-refractivity contribution in [3.63, 3.8) is 0 Å². The lowest BCUT2D eigenvalue weighted by Gasteiger charge is -2.24. The van der Waals surface area contributed by atoms with Crippen LogP contribution in [0.15, 0.2) is 223 Å². The third kappa shape index (κ3) is 7.09. The van der Waals surface area contributed by atoms with E-state index in [0.29, 0.717) is 5.84 Å². The van der Waals surface area contributed by atoms with E-state index in [9.17, 15) is 0 Å². The molecule has 0 bridgehead atoms. The van der Waals surface area contributed by atoms with Crippen molar-refractivity contribution in [3.05, 3.63) is 229 Å². The summed E-state index contributed by atoms with van der Waals surface area (Å²) in [4.78, 5) is 19.8. The van der Waals surface area contributed by atoms with Gasteiger partial charge in [0, 0.05) is 34.6 Å². The second kappa shape index (κ2) is 15.4. The number of pyridine rings is 2. The molecular weight excluding hydrogens is 707 g/mol. The average Bonchev–Trinajstić information content (AvgIpc) is 3.32. The van der Waals surface area contributed by atoms with E-state index in [-0.39, 0.29) is 6.17 Å². The van der Waals surface area contributed by atoms with E-state index in [0.717, 1.165) is 78.4 Å². The Morgan fingerprint density at radius 3 is 1.83 bits per heavy atom. The van der Waals surface area contributed by atoms with E-state index < -0.39 is 0 Å². The Hall–Kier alpha value is -7.76. The summed E-state index contributed by atoms with van der Waals surface area (Å²) in [6.45, 7) is 0. The number of amidine groups is 2. The van der Waals surface area contributed by atoms with Gasteiger partial charge >= 0.3 is 0 Å². The first-order chi connectivity index (χ1) is 28.7. The van der Waals surface area contributed by atoms with Gasteiger partial charge < -0.3 is 5.32 Å². The van der Waals surface area contributed by atoms with E-state index >= 15 is 0 Å². The zero-order valence-electron chi connectivity index (χ0n) is 31.6. The third-order valence-corrected chi connectivity index (χ3v) is 10.6. The second-order valence-electron chi connectivity index (χ2n) is 14.4. The van der Waals surface area contributed by atoms with Crippen molar-refractivity contribution in [3.8, 4) is 55.9 Å². The predicted octanol–water partition coefficient (Wildman–Crippen LogP) is 12.5. The molecule has 0 saturated carbocycles. The standard InChI is InChI=1S/C53H37N5/c1-3-14-38(15-4-1)51-56-52(39-16-5-2-6-17-39)58-53(57-51)45-22-12-21-43(33-45)47-23-9-10-24-48(47)50-35-46(42-20-11-19-41(31-42)37-27-29-54-30-28-37)34-49(55-50)44-26-25-36-13-7-8-18-40(36)32-44/h1-35,53H,(H,56,57,58). The zero-order chi connectivity index (χ0) is 38.7. The summed E-state index contributed by atoms with van der Waals surface area (Å²) in [6.07, 6.45) is 3.33. The molecule has 0 radical (unpaired) electrons. The first-order valence-corrected chi connectivity index (χ1v) is 19.5. The van der Waals surface area contributed by atoms with Crippen LogP contribution in [0.1, 0.15) is 22.9 Å². The lowest BCUT2D eigenvalue weighted by Crippen LogP contribution is -2.33. The number of aliphatic imine (C=N–C) groups is 2. The van der Waals surface area contributed by atoms with Crippen molar-refractivity contribution < 1.29 is 0 Å². The van der Waals surface area contributed by atoms with E-state index in [1.54, 1.807) is 0 Å². The van der Waals surface area contributed by atoms with Gasteiger partial charge in [0.05, 0.1) is 11.4 Å². The summed E-state index contributed by atoms with van der Waals surface area (Å²) < 4.78 is 0. The van der Waals surface area contributed by atoms with Crippen molar-refractivity contribution in [2.24, 2.45) is 9.98 Å². The number of nitrogens with zero attached hydrogens (tertiary/aromatic N) is 4. The predicted molar refractivity (Wildman–Crippen MR) is 239 cm³/mol. The van der Waals surface area contributed by atoms with Crippen molar-refractivity contribution in [1.82, 2.24) is 15.3 Å². The molecule has 0 fully saturated rings. The first kappa shape index (κ1) is 34.7. The van der Waals surface area contributed by atoms with Gasteiger partial charge in [-0.15, -0.1) is 0 Å². The average molecular weight is 744 g/mol. The van der Waals surface area contributed by atoms with E-state index in [1.165, 1.54) is 10.8 Å². The molecule has 3 heterocycles. The molecule has 0 spiro atoms. The Kier molecular flexibility index (Phi) is 9.22. The number of hydrogen-bond acceptors (Lipinski definition) is 5. The molecule has 5 heteroatoms. The Morgan fingerprint density at radius 2 is 1.02 bits per heavy atom. The molecule has 10 rings (SSSR count). The van der Waals surface area contributed by atoms with Crippen molar-refractivity contribution in [2.75, 3.05) is 0 Å². The number of aromatic nitrogens is 2. The molecule has 7 aromatic carbocycles. The molecule has 0 saturated heterocycles. The number of benzene rings is 7. The highest BCUT2D eigenvalue weighted by Gasteiger charge is 2.22. The highest BCUT2D eigenvalue weighted by atomic mass is 15.2. The smallest absolute Gasteiger partial charge is 0.159 e. The Labute approximate surface area is 337 Å². The second-order valence-corrected chi connectivity index (χ2v) is 14.4. The van der Waals surface area contributed by atoms with Crippen molar-refractivity contribution >= 4 is 22.4 Å². The summed E-state index contributed by atoms with van der Waals surface area (Å²) in [5, 5.41) is 6.02. The molecule has 58 heavy (non-hydrogen) atoms. The number of fused-ring (bicyclic) bond motifs is 1. The number of hydrogen-bond donors (Lipinski definition) is 1. The maximum atomic E-state index is 5.41. The molecule has 0 amide bonds. The molecular formula is C53H37N5. The molecule has 5 nitrogen and oxygen atoms in total. The molecule has 9 aromatic rings. The first-order valence-electron chi connectivity index (χ1n) is 19.5. The Morgan fingerprint density at radius 1 is 0.379 bits per heavy atom. The summed E-state index contributed by atoms with van der Waals surface area (Å²) in [7, 11) is 0. The van der Waals surface area contributed by atoms with E-state index in [1.807, 2.05) is 60.9 Å². The van der Waals surface area contributed by atoms with Crippen LogP contribution in [0.2, 0.25) is 0 Å². The molecule has 274 valence electrons. The van der Waals surface area contributed by atoms with Gasteiger partial charge in [0.1, 0.15) is 12.0 Å². The SMILES string of the molecule is c1ccc(C2=NC(c3cccc(-c4ccccc4-c4cc(-c5cccc(-c6ccncc6)c5)cc(-c5ccc6ccccc6c5)n4)c3)NC(c3ccccc3)=N2)cc1. The van der Waals surface area contributed by atoms with Gasteiger partial charge in [-0.05, 0) is 92.2 Å². The van der Waals surface area contributed by atoms with Crippen LogP contribution in [-0.4, -0.2) is 21.6 Å². The molecule has 1 atom stereocenters. The highest BCUT2D eigenvalue weighted by molar-refractivity contribution is 6.13. The molecule has 1 aliphatic heterocycles. The lowest BCUT2D eigenvalue weighted by molar-refractivity contribution is 0.674. The van der Waals surface area contributed by atoms with Crippen LogP contribution in [0.5, 0.6) is 0 Å². The van der Waals surface area contributed by atoms with Crippen LogP contribution in [0.25, 0.3) is 66.7 Å². The topological polar surface area (TPSA) is 62.5 Å². The van der Waals surface area contributed by atoms with Crippen molar-refractivity contribution in [1.29, 1.82) is 0 Å². The fourth-order valence-corrected chi connectivity index (χ4v) is 7.67. The van der Waals surface area contributed by atoms with Crippen LogP contribution in [0, 0.1) is 0 Å². The largest absolute Gasteiger partial charge is 0.344 e. The monoisotopic (exact) mass is 743 g/mol. The summed E-state index contributed by atoms with van der Waals surface area (Å²) in [5.74, 6) is 1.49. The Bertz CT molecular complexity index is 2970. The van der Waals surface area contributed by atoms with Gasteiger partial charge in [-0.3, -0.25) is 4.98 Å². The normalized spacial score (nSPS) is 13.7. The Balaban J connectivity index is 1.08. The maximum absolute atomic E-state index is 5.41.